The van der Waals surface area contributed by atoms with Crippen molar-refractivity contribution < 1.29 is 4.39 Å². The zero-order valence-electron chi connectivity index (χ0n) is 11.8. The Morgan fingerprint density at radius 3 is 2.38 bits per heavy atom. The molecule has 0 amide bonds. The van der Waals surface area contributed by atoms with E-state index in [1.165, 1.54) is 6.07 Å². The maximum absolute atomic E-state index is 13.9. The molecule has 3 rings (SSSR count). The van der Waals surface area contributed by atoms with Crippen LogP contribution in [0.25, 0.3) is 22.2 Å². The number of rotatable bonds is 2. The first-order valence-electron chi connectivity index (χ1n) is 6.75. The van der Waals surface area contributed by atoms with Crippen molar-refractivity contribution in [2.75, 3.05) is 5.73 Å². The predicted octanol–water partition coefficient (Wildman–Crippen LogP) is 3.54. The van der Waals surface area contributed by atoms with Gasteiger partial charge in [0.05, 0.1) is 0 Å². The molecule has 0 radical (unpaired) electrons. The summed E-state index contributed by atoms with van der Waals surface area (Å²) in [5.41, 5.74) is 6.53. The van der Waals surface area contributed by atoms with Crippen molar-refractivity contribution in [3.05, 3.63) is 48.0 Å². The second-order valence-corrected chi connectivity index (χ2v) is 5.17. The molecule has 0 fully saturated rings. The molecule has 3 aromatic rings. The second kappa shape index (κ2) is 5.09. The number of hydrogen-bond donors (Lipinski definition) is 1. The molecule has 0 saturated carbocycles. The van der Waals surface area contributed by atoms with Crippen LogP contribution in [0, 0.1) is 5.82 Å². The highest BCUT2D eigenvalue weighted by Gasteiger charge is 2.13. The van der Waals surface area contributed by atoms with E-state index in [0.29, 0.717) is 17.0 Å². The van der Waals surface area contributed by atoms with Crippen LogP contribution in [0.4, 0.5) is 10.3 Å². The van der Waals surface area contributed by atoms with Crippen molar-refractivity contribution in [2.45, 2.75) is 19.8 Å². The van der Waals surface area contributed by atoms with E-state index < -0.39 is 0 Å². The summed E-state index contributed by atoms with van der Waals surface area (Å²) in [7, 11) is 0. The van der Waals surface area contributed by atoms with E-state index in [9.17, 15) is 4.39 Å². The van der Waals surface area contributed by atoms with Crippen molar-refractivity contribution in [3.8, 4) is 11.4 Å². The second-order valence-electron chi connectivity index (χ2n) is 5.17. The van der Waals surface area contributed by atoms with Crippen molar-refractivity contribution >= 4 is 16.7 Å². The molecule has 2 N–H and O–H groups in total. The largest absolute Gasteiger partial charge is 0.368 e. The summed E-state index contributed by atoms with van der Waals surface area (Å²) in [4.78, 5) is 12.8. The van der Waals surface area contributed by atoms with Crippen LogP contribution in [0.5, 0.6) is 0 Å². The molecule has 1 heterocycles. The number of fused-ring (bicyclic) bond motifs is 1. The Labute approximate surface area is 121 Å². The maximum Gasteiger partial charge on any atom is 0.223 e. The lowest BCUT2D eigenvalue weighted by Gasteiger charge is -2.09. The molecule has 0 aliphatic carbocycles. The van der Waals surface area contributed by atoms with Gasteiger partial charge in [0.15, 0.2) is 5.82 Å². The number of nitrogens with zero attached hydrogens (tertiary/aromatic N) is 3. The summed E-state index contributed by atoms with van der Waals surface area (Å²) in [6.45, 7) is 3.97. The van der Waals surface area contributed by atoms with E-state index in [2.05, 4.69) is 15.0 Å². The normalized spacial score (nSPS) is 11.2. The van der Waals surface area contributed by atoms with Gasteiger partial charge in [0.2, 0.25) is 5.95 Å². The zero-order chi connectivity index (χ0) is 15.0. The van der Waals surface area contributed by atoms with Crippen molar-refractivity contribution in [1.82, 2.24) is 15.0 Å². The van der Waals surface area contributed by atoms with Crippen LogP contribution >= 0.6 is 0 Å². The van der Waals surface area contributed by atoms with Gasteiger partial charge in [0.1, 0.15) is 11.6 Å². The monoisotopic (exact) mass is 282 g/mol. The van der Waals surface area contributed by atoms with Crippen LogP contribution in [0.15, 0.2) is 36.4 Å². The molecule has 0 aliphatic heterocycles. The molecular weight excluding hydrogens is 267 g/mol. The first-order chi connectivity index (χ1) is 10.1. The van der Waals surface area contributed by atoms with E-state index in [1.54, 1.807) is 18.2 Å². The van der Waals surface area contributed by atoms with Gasteiger partial charge in [-0.25, -0.2) is 9.37 Å². The molecule has 0 atom stereocenters. The van der Waals surface area contributed by atoms with Gasteiger partial charge in [0.25, 0.3) is 0 Å². The maximum atomic E-state index is 13.9. The minimum absolute atomic E-state index is 0.140. The molecule has 21 heavy (non-hydrogen) atoms. The van der Waals surface area contributed by atoms with Gasteiger partial charge in [-0.3, -0.25) is 0 Å². The Morgan fingerprint density at radius 1 is 0.952 bits per heavy atom. The summed E-state index contributed by atoms with van der Waals surface area (Å²) in [6, 6.07) is 10.4. The highest BCUT2D eigenvalue weighted by molar-refractivity contribution is 5.95. The predicted molar refractivity (Wildman–Crippen MR) is 81.2 cm³/mol. The van der Waals surface area contributed by atoms with Crippen LogP contribution in [-0.2, 0) is 0 Å². The van der Waals surface area contributed by atoms with Gasteiger partial charge in [-0.1, -0.05) is 38.1 Å². The fourth-order valence-electron chi connectivity index (χ4n) is 2.25. The van der Waals surface area contributed by atoms with Gasteiger partial charge in [-0.05, 0) is 17.5 Å². The van der Waals surface area contributed by atoms with E-state index in [1.807, 2.05) is 26.0 Å². The van der Waals surface area contributed by atoms with Crippen LogP contribution in [0.1, 0.15) is 25.6 Å². The molecule has 106 valence electrons. The van der Waals surface area contributed by atoms with Crippen molar-refractivity contribution in [1.29, 1.82) is 0 Å². The summed E-state index contributed by atoms with van der Waals surface area (Å²) >= 11 is 0. The first kappa shape index (κ1) is 13.4. The molecule has 1 aromatic heterocycles. The highest BCUT2D eigenvalue weighted by Crippen LogP contribution is 2.29. The third kappa shape index (κ3) is 2.42. The van der Waals surface area contributed by atoms with Crippen molar-refractivity contribution in [2.24, 2.45) is 0 Å². The standard InChI is InChI=1S/C16H15FN4/c1-9(2)14-19-15(21-16(18)20-14)12-7-8-13(17)11-6-4-3-5-10(11)12/h3-9H,1-2H3,(H2,18,19,20,21). The minimum Gasteiger partial charge on any atom is -0.368 e. The third-order valence-corrected chi connectivity index (χ3v) is 3.30. The Kier molecular flexibility index (Phi) is 3.25. The molecule has 5 heteroatoms. The van der Waals surface area contributed by atoms with Gasteiger partial charge in [0, 0.05) is 16.9 Å². The third-order valence-electron chi connectivity index (χ3n) is 3.30. The van der Waals surface area contributed by atoms with E-state index in [-0.39, 0.29) is 17.7 Å². The van der Waals surface area contributed by atoms with E-state index in [0.717, 1.165) is 10.9 Å². The summed E-state index contributed by atoms with van der Waals surface area (Å²) in [5.74, 6) is 1.16. The molecule has 2 aromatic carbocycles. The summed E-state index contributed by atoms with van der Waals surface area (Å²) in [6.07, 6.45) is 0. The SMILES string of the molecule is CC(C)c1nc(N)nc(-c2ccc(F)c3ccccc23)n1. The zero-order valence-corrected chi connectivity index (χ0v) is 11.8. The first-order valence-corrected chi connectivity index (χ1v) is 6.75. The fourth-order valence-corrected chi connectivity index (χ4v) is 2.25. The highest BCUT2D eigenvalue weighted by atomic mass is 19.1. The van der Waals surface area contributed by atoms with Gasteiger partial charge >= 0.3 is 0 Å². The molecule has 0 bridgehead atoms. The molecular formula is C16H15FN4. The average molecular weight is 282 g/mol. The molecule has 0 saturated heterocycles. The Balaban J connectivity index is 2.28. The van der Waals surface area contributed by atoms with Crippen LogP contribution in [0.3, 0.4) is 0 Å². The number of anilines is 1. The topological polar surface area (TPSA) is 64.7 Å². The summed E-state index contributed by atoms with van der Waals surface area (Å²) < 4.78 is 13.9. The molecule has 0 aliphatic rings. The number of nitrogen functional groups attached to an aromatic ring is 1. The summed E-state index contributed by atoms with van der Waals surface area (Å²) in [5, 5.41) is 1.30. The number of benzene rings is 2. The number of halogens is 1. The van der Waals surface area contributed by atoms with Gasteiger partial charge in [-0.2, -0.15) is 9.97 Å². The Morgan fingerprint density at radius 2 is 1.67 bits per heavy atom. The Bertz CT molecular complexity index is 814. The fraction of sp³-hybridized carbons (Fsp3) is 0.188. The van der Waals surface area contributed by atoms with Crippen molar-refractivity contribution in [3.63, 3.8) is 0 Å². The molecule has 4 nitrogen and oxygen atoms in total. The average Bonchev–Trinajstić information content (AvgIpc) is 2.47. The van der Waals surface area contributed by atoms with E-state index >= 15 is 0 Å². The molecule has 0 spiro atoms. The van der Waals surface area contributed by atoms with E-state index in [4.69, 9.17) is 5.73 Å². The smallest absolute Gasteiger partial charge is 0.223 e. The van der Waals surface area contributed by atoms with Crippen LogP contribution < -0.4 is 5.73 Å². The van der Waals surface area contributed by atoms with Crippen LogP contribution in [-0.4, -0.2) is 15.0 Å². The lowest BCUT2D eigenvalue weighted by molar-refractivity contribution is 0.640. The minimum atomic E-state index is -0.263. The lowest BCUT2D eigenvalue weighted by atomic mass is 10.0. The molecule has 0 unspecified atom stereocenters. The number of nitrogens with two attached hydrogens (primary N) is 1. The van der Waals surface area contributed by atoms with Crippen LogP contribution in [0.2, 0.25) is 0 Å². The quantitative estimate of drug-likeness (QED) is 0.780. The number of hydrogen-bond acceptors (Lipinski definition) is 4. The van der Waals surface area contributed by atoms with Gasteiger partial charge < -0.3 is 5.73 Å². The lowest BCUT2D eigenvalue weighted by Crippen LogP contribution is -2.06. The number of aromatic nitrogens is 3. The Hall–Kier alpha value is -2.56. The van der Waals surface area contributed by atoms with Gasteiger partial charge in [-0.15, -0.1) is 0 Å².